The molecule has 0 fully saturated rings. The number of rotatable bonds is 4. The third-order valence-electron chi connectivity index (χ3n) is 3.13. The standard InChI is InChI=1S/C15H21N3/c1-5-16-9-14-10-17-18(13(14)4)15-7-11(2)6-12(3)8-15/h6-8,10,16H,5,9H2,1-4H3. The number of nitrogens with one attached hydrogen (secondary N) is 1. The third kappa shape index (κ3) is 2.62. The number of nitrogens with zero attached hydrogens (tertiary/aromatic N) is 2. The van der Waals surface area contributed by atoms with Crippen molar-refractivity contribution < 1.29 is 0 Å². The predicted octanol–water partition coefficient (Wildman–Crippen LogP) is 2.91. The van der Waals surface area contributed by atoms with Crippen LogP contribution in [0.2, 0.25) is 0 Å². The molecule has 0 atom stereocenters. The minimum Gasteiger partial charge on any atom is -0.313 e. The van der Waals surface area contributed by atoms with E-state index >= 15 is 0 Å². The first kappa shape index (κ1) is 12.8. The van der Waals surface area contributed by atoms with E-state index in [1.165, 1.54) is 22.4 Å². The van der Waals surface area contributed by atoms with Crippen molar-refractivity contribution in [3.05, 3.63) is 46.8 Å². The molecule has 0 radical (unpaired) electrons. The van der Waals surface area contributed by atoms with Gasteiger partial charge in [-0.05, 0) is 50.6 Å². The van der Waals surface area contributed by atoms with Gasteiger partial charge in [0.05, 0.1) is 11.9 Å². The molecular weight excluding hydrogens is 222 g/mol. The van der Waals surface area contributed by atoms with Gasteiger partial charge in [0.25, 0.3) is 0 Å². The summed E-state index contributed by atoms with van der Waals surface area (Å²) in [6, 6.07) is 6.52. The van der Waals surface area contributed by atoms with Crippen molar-refractivity contribution >= 4 is 0 Å². The summed E-state index contributed by atoms with van der Waals surface area (Å²) in [6.45, 7) is 10.3. The van der Waals surface area contributed by atoms with Crippen molar-refractivity contribution in [2.45, 2.75) is 34.2 Å². The fourth-order valence-corrected chi connectivity index (χ4v) is 2.21. The van der Waals surface area contributed by atoms with Crippen LogP contribution in [0.4, 0.5) is 0 Å². The Labute approximate surface area is 109 Å². The molecule has 0 aliphatic carbocycles. The van der Waals surface area contributed by atoms with E-state index < -0.39 is 0 Å². The van der Waals surface area contributed by atoms with Gasteiger partial charge in [0.1, 0.15) is 0 Å². The van der Waals surface area contributed by atoms with E-state index in [9.17, 15) is 0 Å². The molecule has 1 aromatic heterocycles. The minimum absolute atomic E-state index is 0.882. The predicted molar refractivity (Wildman–Crippen MR) is 75.2 cm³/mol. The molecule has 0 amide bonds. The van der Waals surface area contributed by atoms with Crippen LogP contribution in [-0.2, 0) is 6.54 Å². The first-order valence-corrected chi connectivity index (χ1v) is 6.44. The van der Waals surface area contributed by atoms with Gasteiger partial charge in [-0.3, -0.25) is 0 Å². The zero-order valence-corrected chi connectivity index (χ0v) is 11.6. The highest BCUT2D eigenvalue weighted by Gasteiger charge is 2.08. The molecule has 0 unspecified atom stereocenters. The van der Waals surface area contributed by atoms with Crippen LogP contribution in [0.25, 0.3) is 5.69 Å². The molecule has 3 nitrogen and oxygen atoms in total. The van der Waals surface area contributed by atoms with Gasteiger partial charge in [-0.25, -0.2) is 4.68 Å². The monoisotopic (exact) mass is 243 g/mol. The van der Waals surface area contributed by atoms with E-state index in [0.29, 0.717) is 0 Å². The Morgan fingerprint density at radius 1 is 1.11 bits per heavy atom. The van der Waals surface area contributed by atoms with E-state index in [2.05, 4.69) is 56.3 Å². The van der Waals surface area contributed by atoms with Crippen LogP contribution in [-0.4, -0.2) is 16.3 Å². The molecule has 0 saturated heterocycles. The van der Waals surface area contributed by atoms with Crippen LogP contribution in [0.15, 0.2) is 24.4 Å². The molecule has 0 aliphatic rings. The van der Waals surface area contributed by atoms with Gasteiger partial charge >= 0.3 is 0 Å². The molecule has 3 heteroatoms. The zero-order chi connectivity index (χ0) is 13.1. The highest BCUT2D eigenvalue weighted by molar-refractivity contribution is 5.40. The fraction of sp³-hybridized carbons (Fsp3) is 0.400. The third-order valence-corrected chi connectivity index (χ3v) is 3.13. The molecule has 0 saturated carbocycles. The Hall–Kier alpha value is -1.61. The first-order valence-electron chi connectivity index (χ1n) is 6.44. The van der Waals surface area contributed by atoms with Gasteiger partial charge in [0.2, 0.25) is 0 Å². The SMILES string of the molecule is CCNCc1cnn(-c2cc(C)cc(C)c2)c1C. The van der Waals surface area contributed by atoms with Crippen molar-refractivity contribution in [3.8, 4) is 5.69 Å². The number of benzene rings is 1. The van der Waals surface area contributed by atoms with Crippen molar-refractivity contribution in [2.75, 3.05) is 6.54 Å². The van der Waals surface area contributed by atoms with E-state index in [-0.39, 0.29) is 0 Å². The highest BCUT2D eigenvalue weighted by Crippen LogP contribution is 2.17. The molecule has 1 heterocycles. The summed E-state index contributed by atoms with van der Waals surface area (Å²) in [4.78, 5) is 0. The lowest BCUT2D eigenvalue weighted by Crippen LogP contribution is -2.12. The average Bonchev–Trinajstić information content (AvgIpc) is 2.67. The van der Waals surface area contributed by atoms with Gasteiger partial charge < -0.3 is 5.32 Å². The van der Waals surface area contributed by atoms with Gasteiger partial charge in [0, 0.05) is 17.8 Å². The first-order chi connectivity index (χ1) is 8.61. The summed E-state index contributed by atoms with van der Waals surface area (Å²) in [5.74, 6) is 0. The Bertz CT molecular complexity index is 520. The summed E-state index contributed by atoms with van der Waals surface area (Å²) in [7, 11) is 0. The summed E-state index contributed by atoms with van der Waals surface area (Å²) in [5.41, 5.74) is 6.16. The lowest BCUT2D eigenvalue weighted by Gasteiger charge is -2.08. The van der Waals surface area contributed by atoms with E-state index in [1.54, 1.807) is 0 Å². The smallest absolute Gasteiger partial charge is 0.0654 e. The molecule has 2 rings (SSSR count). The molecule has 1 N–H and O–H groups in total. The molecule has 1 aromatic carbocycles. The quantitative estimate of drug-likeness (QED) is 0.895. The zero-order valence-electron chi connectivity index (χ0n) is 11.6. The Balaban J connectivity index is 2.36. The molecule has 0 bridgehead atoms. The van der Waals surface area contributed by atoms with E-state index in [1.807, 2.05) is 10.9 Å². The van der Waals surface area contributed by atoms with Crippen LogP contribution in [0.5, 0.6) is 0 Å². The highest BCUT2D eigenvalue weighted by atomic mass is 15.3. The lowest BCUT2D eigenvalue weighted by molar-refractivity contribution is 0.721. The number of aryl methyl sites for hydroxylation is 2. The van der Waals surface area contributed by atoms with Crippen molar-refractivity contribution in [3.63, 3.8) is 0 Å². The maximum absolute atomic E-state index is 4.50. The second-order valence-electron chi connectivity index (χ2n) is 4.79. The average molecular weight is 243 g/mol. The van der Waals surface area contributed by atoms with Crippen molar-refractivity contribution in [2.24, 2.45) is 0 Å². The van der Waals surface area contributed by atoms with Gasteiger partial charge in [-0.1, -0.05) is 13.0 Å². The molecule has 0 aliphatic heterocycles. The van der Waals surface area contributed by atoms with E-state index in [4.69, 9.17) is 0 Å². The number of hydrogen-bond donors (Lipinski definition) is 1. The summed E-state index contributed by atoms with van der Waals surface area (Å²) >= 11 is 0. The maximum Gasteiger partial charge on any atom is 0.0654 e. The molecule has 96 valence electrons. The Kier molecular flexibility index (Phi) is 3.82. The fourth-order valence-electron chi connectivity index (χ4n) is 2.21. The summed E-state index contributed by atoms with van der Waals surface area (Å²) in [6.07, 6.45) is 1.95. The summed E-state index contributed by atoms with van der Waals surface area (Å²) in [5, 5.41) is 7.84. The lowest BCUT2D eigenvalue weighted by atomic mass is 10.1. The van der Waals surface area contributed by atoms with Crippen LogP contribution in [0.3, 0.4) is 0 Å². The van der Waals surface area contributed by atoms with Gasteiger partial charge in [0.15, 0.2) is 0 Å². The van der Waals surface area contributed by atoms with Gasteiger partial charge in [-0.15, -0.1) is 0 Å². The maximum atomic E-state index is 4.50. The van der Waals surface area contributed by atoms with Crippen LogP contribution in [0.1, 0.15) is 29.3 Å². The largest absolute Gasteiger partial charge is 0.313 e. The van der Waals surface area contributed by atoms with Crippen LogP contribution < -0.4 is 5.32 Å². The number of hydrogen-bond acceptors (Lipinski definition) is 2. The Morgan fingerprint density at radius 2 is 1.78 bits per heavy atom. The second-order valence-corrected chi connectivity index (χ2v) is 4.79. The van der Waals surface area contributed by atoms with Crippen LogP contribution >= 0.6 is 0 Å². The van der Waals surface area contributed by atoms with Crippen molar-refractivity contribution in [1.29, 1.82) is 0 Å². The minimum atomic E-state index is 0.882. The number of aromatic nitrogens is 2. The second kappa shape index (κ2) is 5.36. The topological polar surface area (TPSA) is 29.9 Å². The van der Waals surface area contributed by atoms with E-state index in [0.717, 1.165) is 18.8 Å². The van der Waals surface area contributed by atoms with Crippen LogP contribution in [0, 0.1) is 20.8 Å². The molecule has 2 aromatic rings. The normalized spacial score (nSPS) is 10.9. The van der Waals surface area contributed by atoms with Gasteiger partial charge in [-0.2, -0.15) is 5.10 Å². The Morgan fingerprint density at radius 3 is 2.39 bits per heavy atom. The molecule has 18 heavy (non-hydrogen) atoms. The molecule has 0 spiro atoms. The van der Waals surface area contributed by atoms with Crippen molar-refractivity contribution in [1.82, 2.24) is 15.1 Å². The molecular formula is C15H21N3. The summed E-state index contributed by atoms with van der Waals surface area (Å²) < 4.78 is 2.02.